The van der Waals surface area contributed by atoms with Crippen LogP contribution >= 0.6 is 11.3 Å². The number of carbonyl (C=O) groups excluding carboxylic acids is 2. The van der Waals surface area contributed by atoms with Gasteiger partial charge in [-0.15, -0.1) is 0 Å². The third-order valence-corrected chi connectivity index (χ3v) is 7.93. The number of aliphatic hydroxyl groups excluding tert-OH is 1. The van der Waals surface area contributed by atoms with Crippen molar-refractivity contribution in [3.8, 4) is 11.5 Å². The molecule has 0 spiro atoms. The van der Waals surface area contributed by atoms with Crippen molar-refractivity contribution < 1.29 is 24.2 Å². The molecule has 7 nitrogen and oxygen atoms in total. The van der Waals surface area contributed by atoms with Gasteiger partial charge in [-0.05, 0) is 73.0 Å². The van der Waals surface area contributed by atoms with Gasteiger partial charge in [-0.2, -0.15) is 0 Å². The van der Waals surface area contributed by atoms with Crippen molar-refractivity contribution in [2.45, 2.75) is 32.4 Å². The summed E-state index contributed by atoms with van der Waals surface area (Å²) in [6.07, 6.45) is 2.39. The monoisotopic (exact) mass is 538 g/mol. The van der Waals surface area contributed by atoms with E-state index in [-0.39, 0.29) is 17.4 Å². The summed E-state index contributed by atoms with van der Waals surface area (Å²) in [5.74, 6) is -0.339. The lowest BCUT2D eigenvalue weighted by Crippen LogP contribution is -2.29. The van der Waals surface area contributed by atoms with Crippen LogP contribution in [0.1, 0.15) is 35.2 Å². The molecular formula is C31H26N2O5S. The molecule has 1 N–H and O–H groups in total. The fraction of sp³-hybridized carbons (Fsp3) is 0.194. The maximum Gasteiger partial charge on any atom is 0.301 e. The molecule has 1 saturated heterocycles. The van der Waals surface area contributed by atoms with Crippen LogP contribution in [-0.2, 0) is 16.0 Å². The predicted octanol–water partition coefficient (Wildman–Crippen LogP) is 6.12. The molecule has 39 heavy (non-hydrogen) atoms. The van der Waals surface area contributed by atoms with Crippen molar-refractivity contribution in [2.75, 3.05) is 11.5 Å². The SMILES string of the molecule is C=CCOc1ccc([C@H]2C(=C(O)c3ccc4c(c3)C[C@H](C)O4)C(=O)C(=O)N2c2nc3ccc(C)cc3s2)cc1. The van der Waals surface area contributed by atoms with E-state index in [0.29, 0.717) is 35.0 Å². The Morgan fingerprint density at radius 2 is 1.97 bits per heavy atom. The number of hydrogen-bond donors (Lipinski definition) is 1. The van der Waals surface area contributed by atoms with Gasteiger partial charge in [0.05, 0.1) is 21.8 Å². The minimum absolute atomic E-state index is 0.0158. The van der Waals surface area contributed by atoms with Gasteiger partial charge in [0.1, 0.15) is 30.0 Å². The molecule has 2 atom stereocenters. The second kappa shape index (κ2) is 9.71. The van der Waals surface area contributed by atoms with Crippen molar-refractivity contribution in [2.24, 2.45) is 0 Å². The van der Waals surface area contributed by atoms with E-state index in [1.54, 1.807) is 42.5 Å². The Hall–Kier alpha value is -4.43. The van der Waals surface area contributed by atoms with Crippen LogP contribution in [0, 0.1) is 6.92 Å². The number of thiazole rings is 1. The Morgan fingerprint density at radius 3 is 2.74 bits per heavy atom. The zero-order valence-electron chi connectivity index (χ0n) is 21.5. The number of benzene rings is 3. The first kappa shape index (κ1) is 24.9. The summed E-state index contributed by atoms with van der Waals surface area (Å²) in [6, 6.07) is 17.5. The molecule has 1 amide bonds. The molecule has 3 heterocycles. The highest BCUT2D eigenvalue weighted by Crippen LogP contribution is 2.45. The summed E-state index contributed by atoms with van der Waals surface area (Å²) in [6.45, 7) is 7.99. The van der Waals surface area contributed by atoms with E-state index in [1.807, 2.05) is 38.1 Å². The molecule has 0 saturated carbocycles. The highest BCUT2D eigenvalue weighted by Gasteiger charge is 2.48. The zero-order chi connectivity index (χ0) is 27.3. The molecule has 1 aromatic heterocycles. The summed E-state index contributed by atoms with van der Waals surface area (Å²) in [7, 11) is 0. The molecule has 2 aliphatic heterocycles. The normalized spacial score (nSPS) is 19.8. The second-order valence-corrected chi connectivity index (χ2v) is 10.8. The quantitative estimate of drug-likeness (QED) is 0.138. The Labute approximate surface area is 229 Å². The standard InChI is InChI=1S/C31H26N2O5S/c1-4-13-37-22-9-6-19(7-10-22)27-26(28(34)20-8-12-24-21(16-20)15-18(3)38-24)29(35)30(36)33(27)31-32-23-11-5-17(2)14-25(23)39-31/h4-12,14,16,18,27,34H,1,13,15H2,2-3H3/t18-,27-/m0/s1. The number of aromatic nitrogens is 1. The molecule has 4 aromatic rings. The third-order valence-electron chi connectivity index (χ3n) is 6.92. The van der Waals surface area contributed by atoms with Gasteiger partial charge in [-0.1, -0.05) is 42.2 Å². The van der Waals surface area contributed by atoms with Crippen molar-refractivity contribution in [1.82, 2.24) is 4.98 Å². The lowest BCUT2D eigenvalue weighted by Gasteiger charge is -2.23. The molecule has 0 bridgehead atoms. The van der Waals surface area contributed by atoms with Gasteiger partial charge in [0.2, 0.25) is 0 Å². The molecule has 0 unspecified atom stereocenters. The number of aryl methyl sites for hydroxylation is 1. The smallest absolute Gasteiger partial charge is 0.301 e. The number of nitrogens with zero attached hydrogens (tertiary/aromatic N) is 2. The Morgan fingerprint density at radius 1 is 1.18 bits per heavy atom. The molecule has 196 valence electrons. The van der Waals surface area contributed by atoms with Crippen LogP contribution in [-0.4, -0.2) is 34.5 Å². The lowest BCUT2D eigenvalue weighted by molar-refractivity contribution is -0.132. The summed E-state index contributed by atoms with van der Waals surface area (Å²) < 4.78 is 12.3. The predicted molar refractivity (Wildman–Crippen MR) is 152 cm³/mol. The second-order valence-electron chi connectivity index (χ2n) is 9.76. The number of amides is 1. The number of hydrogen-bond acceptors (Lipinski definition) is 7. The van der Waals surface area contributed by atoms with Crippen LogP contribution in [0.15, 0.2) is 78.9 Å². The van der Waals surface area contributed by atoms with E-state index >= 15 is 0 Å². The molecular weight excluding hydrogens is 512 g/mol. The number of fused-ring (bicyclic) bond motifs is 2. The summed E-state index contributed by atoms with van der Waals surface area (Å²) in [4.78, 5) is 33.2. The zero-order valence-corrected chi connectivity index (χ0v) is 22.3. The van der Waals surface area contributed by atoms with Crippen LogP contribution < -0.4 is 14.4 Å². The van der Waals surface area contributed by atoms with Crippen molar-refractivity contribution >= 4 is 44.1 Å². The van der Waals surface area contributed by atoms with E-state index in [2.05, 4.69) is 6.58 Å². The molecule has 2 aliphatic rings. The molecule has 3 aromatic carbocycles. The first-order valence-corrected chi connectivity index (χ1v) is 13.5. The number of Topliss-reactive ketones (excluding diaryl/α,β-unsaturated/α-hetero) is 1. The maximum atomic E-state index is 13.6. The van der Waals surface area contributed by atoms with Gasteiger partial charge < -0.3 is 14.6 Å². The van der Waals surface area contributed by atoms with Gasteiger partial charge in [0.25, 0.3) is 5.78 Å². The highest BCUT2D eigenvalue weighted by atomic mass is 32.1. The Balaban J connectivity index is 1.50. The van der Waals surface area contributed by atoms with Crippen LogP contribution in [0.25, 0.3) is 16.0 Å². The molecule has 8 heteroatoms. The van der Waals surface area contributed by atoms with Gasteiger partial charge in [-0.3, -0.25) is 14.5 Å². The van der Waals surface area contributed by atoms with Crippen molar-refractivity contribution in [3.05, 3.63) is 101 Å². The van der Waals surface area contributed by atoms with Gasteiger partial charge >= 0.3 is 5.91 Å². The van der Waals surface area contributed by atoms with E-state index in [1.165, 1.54) is 16.2 Å². The summed E-state index contributed by atoms with van der Waals surface area (Å²) >= 11 is 1.34. The van der Waals surface area contributed by atoms with E-state index < -0.39 is 17.7 Å². The van der Waals surface area contributed by atoms with Crippen LogP contribution in [0.2, 0.25) is 0 Å². The van der Waals surface area contributed by atoms with E-state index in [4.69, 9.17) is 14.5 Å². The highest BCUT2D eigenvalue weighted by molar-refractivity contribution is 7.22. The topological polar surface area (TPSA) is 89.0 Å². The summed E-state index contributed by atoms with van der Waals surface area (Å²) in [5.41, 5.74) is 3.88. The molecule has 6 rings (SSSR count). The van der Waals surface area contributed by atoms with Crippen molar-refractivity contribution in [3.63, 3.8) is 0 Å². The van der Waals surface area contributed by atoms with Crippen LogP contribution in [0.5, 0.6) is 11.5 Å². The number of rotatable bonds is 6. The van der Waals surface area contributed by atoms with Crippen LogP contribution in [0.3, 0.4) is 0 Å². The number of ketones is 1. The first-order valence-electron chi connectivity index (χ1n) is 12.7. The fourth-order valence-electron chi connectivity index (χ4n) is 5.09. The van der Waals surface area contributed by atoms with E-state index in [9.17, 15) is 14.7 Å². The fourth-order valence-corrected chi connectivity index (χ4v) is 6.18. The minimum Gasteiger partial charge on any atom is -0.507 e. The van der Waals surface area contributed by atoms with E-state index in [0.717, 1.165) is 27.1 Å². The number of aliphatic hydroxyl groups is 1. The average molecular weight is 539 g/mol. The van der Waals surface area contributed by atoms with Crippen LogP contribution in [0.4, 0.5) is 5.13 Å². The van der Waals surface area contributed by atoms with Gasteiger partial charge in [0, 0.05) is 12.0 Å². The molecule has 0 aliphatic carbocycles. The average Bonchev–Trinajstić information content (AvgIpc) is 3.59. The van der Waals surface area contributed by atoms with Gasteiger partial charge in [0.15, 0.2) is 5.13 Å². The number of carbonyl (C=O) groups is 2. The minimum atomic E-state index is -0.872. The first-order chi connectivity index (χ1) is 18.8. The summed E-state index contributed by atoms with van der Waals surface area (Å²) in [5, 5.41) is 11.9. The lowest BCUT2D eigenvalue weighted by atomic mass is 9.94. The number of anilines is 1. The Kier molecular flexibility index (Phi) is 6.19. The third kappa shape index (κ3) is 4.36. The largest absolute Gasteiger partial charge is 0.507 e. The molecule has 0 radical (unpaired) electrons. The molecule has 1 fully saturated rings. The Bertz CT molecular complexity index is 1670. The van der Waals surface area contributed by atoms with Crippen molar-refractivity contribution in [1.29, 1.82) is 0 Å². The maximum absolute atomic E-state index is 13.6. The van der Waals surface area contributed by atoms with Gasteiger partial charge in [-0.25, -0.2) is 4.98 Å². The number of ether oxygens (including phenoxy) is 2.